The van der Waals surface area contributed by atoms with E-state index in [0.29, 0.717) is 0 Å². The van der Waals surface area contributed by atoms with Gasteiger partial charge >= 0.3 is 0 Å². The highest BCUT2D eigenvalue weighted by Crippen LogP contribution is 2.10. The predicted molar refractivity (Wildman–Crippen MR) is 85.6 cm³/mol. The van der Waals surface area contributed by atoms with Crippen LogP contribution in [0.15, 0.2) is 0 Å². The first-order valence-electron chi connectivity index (χ1n) is 8.52. The standard InChI is InChI=1S/C9H19N.C8H17N/c1-9(2)8-10-6-4-3-5-7-10;1-8(2)7-9-5-3-4-6-9/h9H,3-8H2,1-2H3;8H,3-7H2,1-2H3. The Morgan fingerprint density at radius 1 is 0.579 bits per heavy atom. The molecule has 0 amide bonds. The molecule has 2 heterocycles. The summed E-state index contributed by atoms with van der Waals surface area (Å²) in [6.07, 6.45) is 7.15. The summed E-state index contributed by atoms with van der Waals surface area (Å²) in [6.45, 7) is 17.2. The van der Waals surface area contributed by atoms with Crippen LogP contribution >= 0.6 is 0 Å². The molecule has 0 unspecified atom stereocenters. The maximum Gasteiger partial charge on any atom is 0.000438 e. The van der Waals surface area contributed by atoms with Crippen LogP contribution in [0.1, 0.15) is 59.8 Å². The molecule has 0 saturated carbocycles. The molecule has 0 N–H and O–H groups in total. The average molecular weight is 268 g/mol. The van der Waals surface area contributed by atoms with Crippen molar-refractivity contribution < 1.29 is 0 Å². The lowest BCUT2D eigenvalue weighted by molar-refractivity contribution is 0.206. The molecule has 2 rings (SSSR count). The second-order valence-electron chi connectivity index (χ2n) is 7.16. The first-order valence-corrected chi connectivity index (χ1v) is 8.52. The van der Waals surface area contributed by atoms with Crippen LogP contribution in [-0.2, 0) is 0 Å². The molecule has 0 bridgehead atoms. The molecule has 2 aliphatic rings. The zero-order valence-corrected chi connectivity index (χ0v) is 13.8. The van der Waals surface area contributed by atoms with Crippen molar-refractivity contribution in [1.82, 2.24) is 9.80 Å². The van der Waals surface area contributed by atoms with Gasteiger partial charge in [0.2, 0.25) is 0 Å². The number of nitrogens with zero attached hydrogens (tertiary/aromatic N) is 2. The van der Waals surface area contributed by atoms with Crippen molar-refractivity contribution in [3.8, 4) is 0 Å². The molecule has 0 spiro atoms. The fraction of sp³-hybridized carbons (Fsp3) is 1.00. The van der Waals surface area contributed by atoms with E-state index >= 15 is 0 Å². The van der Waals surface area contributed by atoms with Crippen molar-refractivity contribution in [2.75, 3.05) is 39.3 Å². The lowest BCUT2D eigenvalue weighted by Gasteiger charge is -2.27. The highest BCUT2D eigenvalue weighted by atomic mass is 15.1. The summed E-state index contributed by atoms with van der Waals surface area (Å²) in [5, 5.41) is 0. The Kier molecular flexibility index (Phi) is 8.72. The quantitative estimate of drug-likeness (QED) is 0.764. The Labute approximate surface area is 121 Å². The van der Waals surface area contributed by atoms with Gasteiger partial charge in [0.25, 0.3) is 0 Å². The second kappa shape index (κ2) is 9.77. The molecular formula is C17H36N2. The van der Waals surface area contributed by atoms with E-state index in [9.17, 15) is 0 Å². The molecule has 0 atom stereocenters. The van der Waals surface area contributed by atoms with Crippen LogP contribution in [0.25, 0.3) is 0 Å². The van der Waals surface area contributed by atoms with Gasteiger partial charge in [-0.25, -0.2) is 0 Å². The lowest BCUT2D eigenvalue weighted by Crippen LogP contribution is -2.32. The highest BCUT2D eigenvalue weighted by molar-refractivity contribution is 4.66. The monoisotopic (exact) mass is 268 g/mol. The third-order valence-corrected chi connectivity index (χ3v) is 3.89. The molecule has 2 nitrogen and oxygen atoms in total. The summed E-state index contributed by atoms with van der Waals surface area (Å²) >= 11 is 0. The molecule has 0 aliphatic carbocycles. The number of piperidine rings is 1. The van der Waals surface area contributed by atoms with Gasteiger partial charge in [-0.05, 0) is 63.7 Å². The van der Waals surface area contributed by atoms with Gasteiger partial charge in [-0.1, -0.05) is 34.1 Å². The largest absolute Gasteiger partial charge is 0.303 e. The summed E-state index contributed by atoms with van der Waals surface area (Å²) in [7, 11) is 0. The molecule has 2 heteroatoms. The van der Waals surface area contributed by atoms with Crippen molar-refractivity contribution in [3.63, 3.8) is 0 Å². The summed E-state index contributed by atoms with van der Waals surface area (Å²) in [5.74, 6) is 1.70. The van der Waals surface area contributed by atoms with E-state index in [1.807, 2.05) is 0 Å². The van der Waals surface area contributed by atoms with Crippen molar-refractivity contribution in [1.29, 1.82) is 0 Å². The van der Waals surface area contributed by atoms with E-state index in [0.717, 1.165) is 11.8 Å². The molecule has 0 aromatic heterocycles. The number of hydrogen-bond acceptors (Lipinski definition) is 2. The Morgan fingerprint density at radius 3 is 1.21 bits per heavy atom. The van der Waals surface area contributed by atoms with Gasteiger partial charge in [-0.15, -0.1) is 0 Å². The van der Waals surface area contributed by atoms with Gasteiger partial charge in [0.1, 0.15) is 0 Å². The van der Waals surface area contributed by atoms with Crippen LogP contribution in [0.2, 0.25) is 0 Å². The normalized spacial score (nSPS) is 21.8. The fourth-order valence-electron chi connectivity index (χ4n) is 3.14. The van der Waals surface area contributed by atoms with E-state index in [1.54, 1.807) is 0 Å². The zero-order chi connectivity index (χ0) is 14.1. The Hall–Kier alpha value is -0.0800. The third kappa shape index (κ3) is 8.65. The number of likely N-dealkylation sites (tertiary alicyclic amines) is 2. The first kappa shape index (κ1) is 17.0. The minimum absolute atomic E-state index is 0.845. The van der Waals surface area contributed by atoms with Gasteiger partial charge in [0, 0.05) is 13.1 Å². The molecule has 0 aromatic carbocycles. The van der Waals surface area contributed by atoms with E-state index in [4.69, 9.17) is 0 Å². The van der Waals surface area contributed by atoms with Crippen molar-refractivity contribution in [3.05, 3.63) is 0 Å². The number of rotatable bonds is 4. The van der Waals surface area contributed by atoms with Crippen molar-refractivity contribution in [2.24, 2.45) is 11.8 Å². The molecule has 0 radical (unpaired) electrons. The molecule has 2 aliphatic heterocycles. The van der Waals surface area contributed by atoms with Crippen LogP contribution in [0.4, 0.5) is 0 Å². The van der Waals surface area contributed by atoms with Crippen LogP contribution in [0, 0.1) is 11.8 Å². The Morgan fingerprint density at radius 2 is 0.895 bits per heavy atom. The van der Waals surface area contributed by atoms with E-state index in [1.165, 1.54) is 71.4 Å². The summed E-state index contributed by atoms with van der Waals surface area (Å²) in [5.41, 5.74) is 0. The maximum absolute atomic E-state index is 2.59. The number of hydrogen-bond donors (Lipinski definition) is 0. The highest BCUT2D eigenvalue weighted by Gasteiger charge is 2.11. The summed E-state index contributed by atoms with van der Waals surface area (Å²) in [6, 6.07) is 0. The second-order valence-corrected chi connectivity index (χ2v) is 7.16. The predicted octanol–water partition coefficient (Wildman–Crippen LogP) is 3.87. The smallest absolute Gasteiger partial charge is 0.000438 e. The summed E-state index contributed by atoms with van der Waals surface area (Å²) < 4.78 is 0. The summed E-state index contributed by atoms with van der Waals surface area (Å²) in [4.78, 5) is 5.15. The van der Waals surface area contributed by atoms with Gasteiger partial charge in [0.05, 0.1) is 0 Å². The van der Waals surface area contributed by atoms with E-state index in [-0.39, 0.29) is 0 Å². The van der Waals surface area contributed by atoms with E-state index < -0.39 is 0 Å². The van der Waals surface area contributed by atoms with Crippen molar-refractivity contribution >= 4 is 0 Å². The molecule has 114 valence electrons. The Balaban J connectivity index is 0.000000191. The third-order valence-electron chi connectivity index (χ3n) is 3.89. The van der Waals surface area contributed by atoms with Crippen LogP contribution < -0.4 is 0 Å². The maximum atomic E-state index is 2.59. The molecular weight excluding hydrogens is 232 g/mol. The minimum Gasteiger partial charge on any atom is -0.303 e. The topological polar surface area (TPSA) is 6.48 Å². The zero-order valence-electron chi connectivity index (χ0n) is 13.8. The molecule has 0 aromatic rings. The average Bonchev–Trinajstić information content (AvgIpc) is 2.82. The van der Waals surface area contributed by atoms with Crippen LogP contribution in [0.5, 0.6) is 0 Å². The van der Waals surface area contributed by atoms with Crippen LogP contribution in [-0.4, -0.2) is 49.1 Å². The minimum atomic E-state index is 0.845. The first-order chi connectivity index (χ1) is 9.08. The van der Waals surface area contributed by atoms with Gasteiger partial charge in [-0.2, -0.15) is 0 Å². The van der Waals surface area contributed by atoms with Gasteiger partial charge in [0.15, 0.2) is 0 Å². The lowest BCUT2D eigenvalue weighted by atomic mass is 10.1. The van der Waals surface area contributed by atoms with Gasteiger partial charge < -0.3 is 9.80 Å². The van der Waals surface area contributed by atoms with E-state index in [2.05, 4.69) is 37.5 Å². The van der Waals surface area contributed by atoms with Crippen LogP contribution in [0.3, 0.4) is 0 Å². The SMILES string of the molecule is CC(C)CN1CCCC1.CC(C)CN1CCCCC1. The molecule has 19 heavy (non-hydrogen) atoms. The Bertz CT molecular complexity index is 201. The molecule has 2 saturated heterocycles. The fourth-order valence-corrected chi connectivity index (χ4v) is 3.14. The molecule has 2 fully saturated rings. The van der Waals surface area contributed by atoms with Crippen molar-refractivity contribution in [2.45, 2.75) is 59.8 Å². The van der Waals surface area contributed by atoms with Gasteiger partial charge in [-0.3, -0.25) is 0 Å².